The Morgan fingerprint density at radius 1 is 1.29 bits per heavy atom. The first-order valence-electron chi connectivity index (χ1n) is 7.85. The molecule has 1 aliphatic heterocycles. The van der Waals surface area contributed by atoms with Gasteiger partial charge in [-0.3, -0.25) is 14.3 Å². The summed E-state index contributed by atoms with van der Waals surface area (Å²) in [6, 6.07) is 7.36. The van der Waals surface area contributed by atoms with Crippen LogP contribution in [-0.2, 0) is 4.79 Å². The molecule has 2 amide bonds. The van der Waals surface area contributed by atoms with Gasteiger partial charge in [-0.15, -0.1) is 0 Å². The van der Waals surface area contributed by atoms with Gasteiger partial charge in [0.25, 0.3) is 5.91 Å². The predicted octanol–water partition coefficient (Wildman–Crippen LogP) is 2.61. The van der Waals surface area contributed by atoms with Gasteiger partial charge >= 0.3 is 0 Å². The molecule has 0 N–H and O–H groups in total. The van der Waals surface area contributed by atoms with E-state index in [9.17, 15) is 9.59 Å². The number of hydrogen-bond donors (Lipinski definition) is 0. The second kappa shape index (κ2) is 6.65. The van der Waals surface area contributed by atoms with Crippen molar-refractivity contribution in [1.29, 1.82) is 0 Å². The topological polar surface area (TPSA) is 58.4 Å². The second-order valence-corrected chi connectivity index (χ2v) is 6.49. The lowest BCUT2D eigenvalue weighted by atomic mass is 10.2. The Hall–Kier alpha value is -2.34. The first kappa shape index (κ1) is 16.5. The van der Waals surface area contributed by atoms with Crippen LogP contribution in [0.15, 0.2) is 36.7 Å². The number of nitrogens with zero attached hydrogens (tertiary/aromatic N) is 4. The Morgan fingerprint density at radius 2 is 2.08 bits per heavy atom. The number of carbonyl (C=O) groups is 2. The first-order chi connectivity index (χ1) is 11.5. The minimum atomic E-state index is -0.166. The van der Waals surface area contributed by atoms with Gasteiger partial charge in [-0.2, -0.15) is 5.10 Å². The van der Waals surface area contributed by atoms with Crippen molar-refractivity contribution in [2.75, 3.05) is 24.5 Å². The van der Waals surface area contributed by atoms with Gasteiger partial charge < -0.3 is 9.80 Å². The molecule has 0 atom stereocenters. The molecular formula is C17H19ClN4O2. The van der Waals surface area contributed by atoms with Crippen LogP contribution in [-0.4, -0.2) is 46.1 Å². The first-order valence-corrected chi connectivity index (χ1v) is 8.23. The van der Waals surface area contributed by atoms with Crippen molar-refractivity contribution >= 4 is 29.1 Å². The molecular weight excluding hydrogens is 328 g/mol. The number of halogens is 1. The summed E-state index contributed by atoms with van der Waals surface area (Å²) in [5.74, 6) is -0.283. The SMILES string of the molecule is CC(C)n1cc(C(=O)N2CCN(c3cccc(Cl)c3)C(=O)C2)cn1. The minimum absolute atomic E-state index is 0.0538. The molecule has 1 saturated heterocycles. The summed E-state index contributed by atoms with van der Waals surface area (Å²) >= 11 is 5.99. The third kappa shape index (κ3) is 3.28. The monoisotopic (exact) mass is 346 g/mol. The normalized spacial score (nSPS) is 15.2. The third-order valence-electron chi connectivity index (χ3n) is 4.01. The Kier molecular flexibility index (Phi) is 4.57. The lowest BCUT2D eigenvalue weighted by Gasteiger charge is -2.34. The standard InChI is InChI=1S/C17H19ClN4O2/c1-12(2)22-10-13(9-19-22)17(24)20-6-7-21(16(23)11-20)15-5-3-4-14(18)8-15/h3-5,8-10,12H,6-7,11H2,1-2H3. The summed E-state index contributed by atoms with van der Waals surface area (Å²) in [6.07, 6.45) is 3.27. The average molecular weight is 347 g/mol. The fraction of sp³-hybridized carbons (Fsp3) is 0.353. The summed E-state index contributed by atoms with van der Waals surface area (Å²) in [7, 11) is 0. The van der Waals surface area contributed by atoms with E-state index in [-0.39, 0.29) is 24.4 Å². The average Bonchev–Trinajstić information content (AvgIpc) is 3.04. The highest BCUT2D eigenvalue weighted by molar-refractivity contribution is 6.30. The number of piperazine rings is 1. The molecule has 1 aromatic heterocycles. The fourth-order valence-electron chi connectivity index (χ4n) is 2.68. The van der Waals surface area contributed by atoms with E-state index < -0.39 is 0 Å². The number of benzene rings is 1. The van der Waals surface area contributed by atoms with Gasteiger partial charge in [0, 0.05) is 36.0 Å². The summed E-state index contributed by atoms with van der Waals surface area (Å²) in [5, 5.41) is 4.77. The Labute approximate surface area is 145 Å². The van der Waals surface area contributed by atoms with Gasteiger partial charge in [-0.1, -0.05) is 17.7 Å². The highest BCUT2D eigenvalue weighted by atomic mass is 35.5. The maximum atomic E-state index is 12.6. The number of rotatable bonds is 3. The van der Waals surface area contributed by atoms with Crippen LogP contribution in [0.4, 0.5) is 5.69 Å². The van der Waals surface area contributed by atoms with Crippen molar-refractivity contribution in [2.24, 2.45) is 0 Å². The van der Waals surface area contributed by atoms with Crippen LogP contribution in [0.2, 0.25) is 5.02 Å². The summed E-state index contributed by atoms with van der Waals surface area (Å²) in [4.78, 5) is 28.2. The Balaban J connectivity index is 1.70. The molecule has 0 bridgehead atoms. The van der Waals surface area contributed by atoms with E-state index in [0.717, 1.165) is 5.69 Å². The van der Waals surface area contributed by atoms with Gasteiger partial charge in [0.15, 0.2) is 0 Å². The molecule has 7 heteroatoms. The van der Waals surface area contributed by atoms with Crippen molar-refractivity contribution in [3.8, 4) is 0 Å². The van der Waals surface area contributed by atoms with Crippen LogP contribution in [0, 0.1) is 0 Å². The number of carbonyl (C=O) groups excluding carboxylic acids is 2. The summed E-state index contributed by atoms with van der Waals surface area (Å²) in [5.41, 5.74) is 1.26. The molecule has 1 aromatic carbocycles. The third-order valence-corrected chi connectivity index (χ3v) is 4.24. The van der Waals surface area contributed by atoms with Crippen molar-refractivity contribution in [3.05, 3.63) is 47.2 Å². The molecule has 6 nitrogen and oxygen atoms in total. The smallest absolute Gasteiger partial charge is 0.257 e. The maximum Gasteiger partial charge on any atom is 0.257 e. The Morgan fingerprint density at radius 3 is 2.71 bits per heavy atom. The lowest BCUT2D eigenvalue weighted by Crippen LogP contribution is -2.52. The molecule has 0 saturated carbocycles. The molecule has 0 aliphatic carbocycles. The fourth-order valence-corrected chi connectivity index (χ4v) is 2.86. The van der Waals surface area contributed by atoms with E-state index in [0.29, 0.717) is 23.7 Å². The minimum Gasteiger partial charge on any atom is -0.327 e. The largest absolute Gasteiger partial charge is 0.327 e. The predicted molar refractivity (Wildman–Crippen MR) is 92.3 cm³/mol. The highest BCUT2D eigenvalue weighted by Crippen LogP contribution is 2.22. The molecule has 1 fully saturated rings. The van der Waals surface area contributed by atoms with Crippen molar-refractivity contribution < 1.29 is 9.59 Å². The zero-order chi connectivity index (χ0) is 17.3. The van der Waals surface area contributed by atoms with Gasteiger partial charge in [-0.25, -0.2) is 0 Å². The van der Waals surface area contributed by atoms with Crippen LogP contribution in [0.1, 0.15) is 30.2 Å². The van der Waals surface area contributed by atoms with Crippen LogP contribution >= 0.6 is 11.6 Å². The molecule has 0 unspecified atom stereocenters. The van der Waals surface area contributed by atoms with E-state index >= 15 is 0 Å². The quantitative estimate of drug-likeness (QED) is 0.858. The molecule has 24 heavy (non-hydrogen) atoms. The van der Waals surface area contributed by atoms with E-state index in [2.05, 4.69) is 5.10 Å². The van der Waals surface area contributed by atoms with Crippen molar-refractivity contribution in [1.82, 2.24) is 14.7 Å². The van der Waals surface area contributed by atoms with E-state index in [4.69, 9.17) is 11.6 Å². The Bertz CT molecular complexity index is 771. The molecule has 0 radical (unpaired) electrons. The zero-order valence-corrected chi connectivity index (χ0v) is 14.4. The van der Waals surface area contributed by atoms with Crippen LogP contribution < -0.4 is 4.90 Å². The number of amides is 2. The highest BCUT2D eigenvalue weighted by Gasteiger charge is 2.29. The molecule has 0 spiro atoms. The molecule has 2 heterocycles. The van der Waals surface area contributed by atoms with Crippen LogP contribution in [0.25, 0.3) is 0 Å². The summed E-state index contributed by atoms with van der Waals surface area (Å²) < 4.78 is 1.73. The second-order valence-electron chi connectivity index (χ2n) is 6.05. The molecule has 126 valence electrons. The number of aromatic nitrogens is 2. The van der Waals surface area contributed by atoms with Crippen LogP contribution in [0.5, 0.6) is 0 Å². The molecule has 3 rings (SSSR count). The van der Waals surface area contributed by atoms with E-state index in [1.54, 1.807) is 39.0 Å². The van der Waals surface area contributed by atoms with E-state index in [1.807, 2.05) is 26.0 Å². The van der Waals surface area contributed by atoms with Crippen molar-refractivity contribution in [3.63, 3.8) is 0 Å². The molecule has 1 aliphatic rings. The lowest BCUT2D eigenvalue weighted by molar-refractivity contribution is -0.120. The number of anilines is 1. The van der Waals surface area contributed by atoms with Crippen LogP contribution in [0.3, 0.4) is 0 Å². The summed E-state index contributed by atoms with van der Waals surface area (Å²) in [6.45, 7) is 4.97. The van der Waals surface area contributed by atoms with Gasteiger partial charge in [-0.05, 0) is 32.0 Å². The zero-order valence-electron chi connectivity index (χ0n) is 13.6. The van der Waals surface area contributed by atoms with Gasteiger partial charge in [0.1, 0.15) is 6.54 Å². The number of hydrogen-bond acceptors (Lipinski definition) is 3. The van der Waals surface area contributed by atoms with Gasteiger partial charge in [0.2, 0.25) is 5.91 Å². The maximum absolute atomic E-state index is 12.6. The van der Waals surface area contributed by atoms with E-state index in [1.165, 1.54) is 0 Å². The van der Waals surface area contributed by atoms with Crippen molar-refractivity contribution in [2.45, 2.75) is 19.9 Å². The van der Waals surface area contributed by atoms with Gasteiger partial charge in [0.05, 0.1) is 11.8 Å². The molecule has 2 aromatic rings.